The highest BCUT2D eigenvalue weighted by molar-refractivity contribution is 7.22. The molecule has 2 aromatic rings. The highest BCUT2D eigenvalue weighted by Gasteiger charge is 2.31. The van der Waals surface area contributed by atoms with Crippen molar-refractivity contribution >= 4 is 38.4 Å². The molecular formula is C20H22N6OS. The summed E-state index contributed by atoms with van der Waals surface area (Å²) >= 11 is 1.52. The summed E-state index contributed by atoms with van der Waals surface area (Å²) < 4.78 is 0.874. The first-order valence-electron chi connectivity index (χ1n) is 9.79. The zero-order chi connectivity index (χ0) is 19.5. The van der Waals surface area contributed by atoms with Crippen molar-refractivity contribution in [1.82, 2.24) is 9.97 Å². The highest BCUT2D eigenvalue weighted by atomic mass is 32.1. The molecule has 2 saturated carbocycles. The van der Waals surface area contributed by atoms with Crippen molar-refractivity contribution < 1.29 is 4.79 Å². The van der Waals surface area contributed by atoms with Gasteiger partial charge >= 0.3 is 0 Å². The lowest BCUT2D eigenvalue weighted by Crippen LogP contribution is -2.38. The van der Waals surface area contributed by atoms with Crippen LogP contribution in [0.4, 0.5) is 10.9 Å². The van der Waals surface area contributed by atoms with Gasteiger partial charge in [-0.05, 0) is 44.6 Å². The Kier molecular flexibility index (Phi) is 5.40. The van der Waals surface area contributed by atoms with E-state index >= 15 is 0 Å². The Morgan fingerprint density at radius 2 is 2.04 bits per heavy atom. The average molecular weight is 395 g/mol. The number of fused-ring (bicyclic) bond motifs is 1. The van der Waals surface area contributed by atoms with Gasteiger partial charge in [0.1, 0.15) is 0 Å². The van der Waals surface area contributed by atoms with E-state index in [0.29, 0.717) is 18.8 Å². The molecule has 28 heavy (non-hydrogen) atoms. The van der Waals surface area contributed by atoms with Gasteiger partial charge in [0.25, 0.3) is 0 Å². The second-order valence-corrected chi connectivity index (χ2v) is 8.48. The summed E-state index contributed by atoms with van der Waals surface area (Å²) in [5, 5.41) is 22.1. The van der Waals surface area contributed by atoms with Crippen LogP contribution in [0.15, 0.2) is 12.3 Å². The van der Waals surface area contributed by atoms with E-state index in [9.17, 15) is 4.79 Å². The quantitative estimate of drug-likeness (QED) is 0.798. The molecule has 1 amide bonds. The molecule has 0 bridgehead atoms. The van der Waals surface area contributed by atoms with E-state index in [-0.39, 0.29) is 23.8 Å². The lowest BCUT2D eigenvalue weighted by molar-refractivity contribution is -0.117. The maximum absolute atomic E-state index is 12.2. The molecule has 0 atom stereocenters. The van der Waals surface area contributed by atoms with E-state index < -0.39 is 0 Å². The molecule has 2 aromatic heterocycles. The largest absolute Gasteiger partial charge is 0.344 e. The van der Waals surface area contributed by atoms with Crippen LogP contribution >= 0.6 is 11.3 Å². The van der Waals surface area contributed by atoms with Gasteiger partial charge in [-0.2, -0.15) is 10.5 Å². The molecule has 2 fully saturated rings. The Bertz CT molecular complexity index is 946. The minimum Gasteiger partial charge on any atom is -0.344 e. The van der Waals surface area contributed by atoms with Gasteiger partial charge in [0.05, 0.1) is 28.8 Å². The molecule has 2 aliphatic carbocycles. The molecule has 0 spiro atoms. The SMILES string of the molecule is N#CCCN(c1nc2ccnc(NC(=O)C3CC3)c2s1)[C@H]1CC[C@H](C#N)CC1. The standard InChI is InChI=1S/C20H22N6OS/c21-9-1-11-26(15-6-2-13(12-22)3-7-15)20-24-16-8-10-23-18(17(16)28-20)25-19(27)14-4-5-14/h8,10,13-15H,1-7,11H2,(H,23,25,27)/t13-,15-. The molecule has 2 aliphatic rings. The first-order valence-corrected chi connectivity index (χ1v) is 10.6. The van der Waals surface area contributed by atoms with E-state index in [1.165, 1.54) is 11.3 Å². The second-order valence-electron chi connectivity index (χ2n) is 7.50. The molecule has 4 rings (SSSR count). The summed E-state index contributed by atoms with van der Waals surface area (Å²) in [6.45, 7) is 0.620. The summed E-state index contributed by atoms with van der Waals surface area (Å²) in [6.07, 6.45) is 7.64. The van der Waals surface area contributed by atoms with Crippen molar-refractivity contribution in [2.24, 2.45) is 11.8 Å². The van der Waals surface area contributed by atoms with Gasteiger partial charge in [0.15, 0.2) is 10.9 Å². The minimum atomic E-state index is 0.0334. The fourth-order valence-electron chi connectivity index (χ4n) is 3.74. The molecule has 144 valence electrons. The van der Waals surface area contributed by atoms with Gasteiger partial charge in [0.2, 0.25) is 5.91 Å². The van der Waals surface area contributed by atoms with E-state index in [4.69, 9.17) is 15.5 Å². The Labute approximate surface area is 168 Å². The van der Waals surface area contributed by atoms with E-state index in [1.54, 1.807) is 6.20 Å². The number of nitriles is 2. The number of hydrogen-bond donors (Lipinski definition) is 1. The molecule has 1 N–H and O–H groups in total. The van der Waals surface area contributed by atoms with Crippen LogP contribution in [0.2, 0.25) is 0 Å². The molecule has 2 heterocycles. The fraction of sp³-hybridized carbons (Fsp3) is 0.550. The van der Waals surface area contributed by atoms with Gasteiger partial charge in [-0.25, -0.2) is 9.97 Å². The summed E-state index contributed by atoms with van der Waals surface area (Å²) in [6, 6.07) is 6.75. The maximum Gasteiger partial charge on any atom is 0.228 e. The summed E-state index contributed by atoms with van der Waals surface area (Å²) in [7, 11) is 0. The number of nitrogens with zero attached hydrogens (tertiary/aromatic N) is 5. The molecule has 0 unspecified atom stereocenters. The molecule has 0 aliphatic heterocycles. The number of pyridine rings is 1. The van der Waals surface area contributed by atoms with Crippen molar-refractivity contribution in [3.05, 3.63) is 12.3 Å². The van der Waals surface area contributed by atoms with Crippen LogP contribution in [0.3, 0.4) is 0 Å². The molecule has 0 aromatic carbocycles. The first-order chi connectivity index (χ1) is 13.7. The molecule has 7 nitrogen and oxygen atoms in total. The summed E-state index contributed by atoms with van der Waals surface area (Å²) in [5.41, 5.74) is 0.814. The third kappa shape index (κ3) is 3.93. The third-order valence-corrected chi connectivity index (χ3v) is 6.63. The predicted octanol–water partition coefficient (Wildman–Crippen LogP) is 3.84. The number of aromatic nitrogens is 2. The molecule has 0 saturated heterocycles. The Balaban J connectivity index is 1.60. The lowest BCUT2D eigenvalue weighted by Gasteiger charge is -2.35. The van der Waals surface area contributed by atoms with Crippen LogP contribution in [0.1, 0.15) is 44.9 Å². The molecule has 8 heteroatoms. The van der Waals surface area contributed by atoms with Crippen LogP contribution < -0.4 is 10.2 Å². The van der Waals surface area contributed by atoms with Crippen LogP contribution in [-0.4, -0.2) is 28.5 Å². The zero-order valence-corrected chi connectivity index (χ0v) is 16.4. The van der Waals surface area contributed by atoms with Crippen molar-refractivity contribution in [1.29, 1.82) is 10.5 Å². The number of carbonyl (C=O) groups excluding carboxylic acids is 1. The highest BCUT2D eigenvalue weighted by Crippen LogP contribution is 2.38. The van der Waals surface area contributed by atoms with Gasteiger partial charge in [-0.1, -0.05) is 11.3 Å². The van der Waals surface area contributed by atoms with Crippen LogP contribution in [0.5, 0.6) is 0 Å². The summed E-state index contributed by atoms with van der Waals surface area (Å²) in [5.74, 6) is 0.863. The van der Waals surface area contributed by atoms with Gasteiger partial charge in [-0.15, -0.1) is 0 Å². The van der Waals surface area contributed by atoms with Crippen molar-refractivity contribution in [3.8, 4) is 12.1 Å². The topological polar surface area (TPSA) is 106 Å². The van der Waals surface area contributed by atoms with Gasteiger partial charge in [0, 0.05) is 30.6 Å². The van der Waals surface area contributed by atoms with Crippen LogP contribution in [-0.2, 0) is 4.79 Å². The summed E-state index contributed by atoms with van der Waals surface area (Å²) in [4.78, 5) is 23.5. The first kappa shape index (κ1) is 18.6. The Morgan fingerprint density at radius 3 is 2.71 bits per heavy atom. The van der Waals surface area contributed by atoms with E-state index in [2.05, 4.69) is 27.3 Å². The van der Waals surface area contributed by atoms with Crippen LogP contribution in [0.25, 0.3) is 10.2 Å². The lowest BCUT2D eigenvalue weighted by atomic mass is 9.86. The number of rotatable bonds is 6. The number of amides is 1. The third-order valence-electron chi connectivity index (χ3n) is 5.51. The maximum atomic E-state index is 12.2. The number of anilines is 2. The number of carbonyl (C=O) groups is 1. The molecule has 0 radical (unpaired) electrons. The normalized spacial score (nSPS) is 21.6. The fourth-order valence-corrected chi connectivity index (χ4v) is 4.84. The number of nitrogens with one attached hydrogen (secondary N) is 1. The molecular weight excluding hydrogens is 372 g/mol. The van der Waals surface area contributed by atoms with Gasteiger partial charge < -0.3 is 10.2 Å². The average Bonchev–Trinajstić information content (AvgIpc) is 3.48. The van der Waals surface area contributed by atoms with Crippen molar-refractivity contribution in [2.45, 2.75) is 51.0 Å². The minimum absolute atomic E-state index is 0.0334. The Hall–Kier alpha value is -2.71. The Morgan fingerprint density at radius 1 is 1.25 bits per heavy atom. The van der Waals surface area contributed by atoms with E-state index in [0.717, 1.165) is 53.9 Å². The number of hydrogen-bond acceptors (Lipinski definition) is 7. The van der Waals surface area contributed by atoms with Crippen molar-refractivity contribution in [3.63, 3.8) is 0 Å². The van der Waals surface area contributed by atoms with Gasteiger partial charge in [-0.3, -0.25) is 4.79 Å². The smallest absolute Gasteiger partial charge is 0.228 e. The monoisotopic (exact) mass is 394 g/mol. The van der Waals surface area contributed by atoms with E-state index in [1.807, 2.05) is 6.07 Å². The van der Waals surface area contributed by atoms with Crippen molar-refractivity contribution in [2.75, 3.05) is 16.8 Å². The number of thiazole rings is 1. The predicted molar refractivity (Wildman–Crippen MR) is 108 cm³/mol. The second kappa shape index (κ2) is 8.12. The van der Waals surface area contributed by atoms with Crippen LogP contribution in [0, 0.1) is 34.5 Å². The zero-order valence-electron chi connectivity index (χ0n) is 15.6.